The fraction of sp³-hybridized carbons (Fsp3) is 0.412. The Morgan fingerprint density at radius 2 is 2.17 bits per heavy atom. The molecule has 12 heteroatoms. The first-order valence-electron chi connectivity index (χ1n) is 8.94. The number of carbonyl (C=O) groups is 1. The van der Waals surface area contributed by atoms with Crippen LogP contribution in [-0.2, 0) is 19.5 Å². The first-order chi connectivity index (χ1) is 13.9. The Labute approximate surface area is 174 Å². The highest BCUT2D eigenvalue weighted by Crippen LogP contribution is 2.18. The van der Waals surface area contributed by atoms with Gasteiger partial charge >= 0.3 is 5.69 Å². The number of nitrogen functional groups attached to an aromatic ring is 1. The topological polar surface area (TPSA) is 142 Å². The van der Waals surface area contributed by atoms with Crippen molar-refractivity contribution in [2.24, 2.45) is 5.92 Å². The van der Waals surface area contributed by atoms with E-state index in [2.05, 4.69) is 20.5 Å². The molecule has 0 fully saturated rings. The molecule has 0 saturated carbocycles. The summed E-state index contributed by atoms with van der Waals surface area (Å²) in [6.45, 7) is 4.69. The van der Waals surface area contributed by atoms with Gasteiger partial charge in [0.25, 0.3) is 5.56 Å². The van der Waals surface area contributed by atoms with Crippen LogP contribution in [0.4, 0.5) is 5.82 Å². The minimum absolute atomic E-state index is 0.0768. The average molecular weight is 436 g/mol. The lowest BCUT2D eigenvalue weighted by Gasteiger charge is -2.13. The second-order valence-corrected chi connectivity index (χ2v) is 8.72. The van der Waals surface area contributed by atoms with E-state index >= 15 is 0 Å². The highest BCUT2D eigenvalue weighted by Gasteiger charge is 2.21. The van der Waals surface area contributed by atoms with Crippen molar-refractivity contribution in [2.75, 3.05) is 11.5 Å². The van der Waals surface area contributed by atoms with Crippen molar-refractivity contribution in [2.45, 2.75) is 38.5 Å². The molecule has 3 aromatic heterocycles. The molecule has 0 saturated heterocycles. The van der Waals surface area contributed by atoms with E-state index in [0.29, 0.717) is 18.2 Å². The quantitative estimate of drug-likeness (QED) is 0.375. The molecular formula is C17H21N7O3S2. The summed E-state index contributed by atoms with van der Waals surface area (Å²) in [6.07, 6.45) is 0.775. The number of ketones is 1. The van der Waals surface area contributed by atoms with Gasteiger partial charge in [0.15, 0.2) is 5.78 Å². The maximum atomic E-state index is 12.7. The molecule has 0 aromatic carbocycles. The van der Waals surface area contributed by atoms with E-state index in [1.807, 2.05) is 31.4 Å². The number of tetrazole rings is 1. The van der Waals surface area contributed by atoms with Crippen molar-refractivity contribution in [3.8, 4) is 0 Å². The van der Waals surface area contributed by atoms with Crippen LogP contribution in [-0.4, -0.2) is 41.3 Å². The molecule has 29 heavy (non-hydrogen) atoms. The second kappa shape index (κ2) is 9.18. The van der Waals surface area contributed by atoms with Gasteiger partial charge in [0.2, 0.25) is 5.16 Å². The van der Waals surface area contributed by atoms with Crippen molar-refractivity contribution >= 4 is 34.7 Å². The van der Waals surface area contributed by atoms with Crippen LogP contribution in [0.5, 0.6) is 0 Å². The molecule has 0 aliphatic carbocycles. The Kier molecular flexibility index (Phi) is 6.64. The van der Waals surface area contributed by atoms with Gasteiger partial charge in [-0.05, 0) is 27.8 Å². The molecule has 0 atom stereocenters. The van der Waals surface area contributed by atoms with E-state index in [-0.39, 0.29) is 23.1 Å². The van der Waals surface area contributed by atoms with Gasteiger partial charge in [0.05, 0.1) is 12.3 Å². The minimum Gasteiger partial charge on any atom is -0.384 e. The molecule has 0 aliphatic heterocycles. The third-order valence-corrected chi connectivity index (χ3v) is 5.94. The molecule has 3 rings (SSSR count). The summed E-state index contributed by atoms with van der Waals surface area (Å²) in [4.78, 5) is 40.2. The van der Waals surface area contributed by atoms with E-state index in [0.717, 1.165) is 18.2 Å². The molecule has 0 bridgehead atoms. The Balaban J connectivity index is 1.73. The number of aromatic amines is 1. The van der Waals surface area contributed by atoms with Crippen LogP contribution >= 0.6 is 23.1 Å². The van der Waals surface area contributed by atoms with Gasteiger partial charge in [-0.15, -0.1) is 16.4 Å². The van der Waals surface area contributed by atoms with Crippen molar-refractivity contribution in [3.63, 3.8) is 0 Å². The number of nitrogens with zero attached hydrogens (tertiary/aromatic N) is 5. The fourth-order valence-corrected chi connectivity index (χ4v) is 4.19. The lowest BCUT2D eigenvalue weighted by atomic mass is 10.2. The molecular weight excluding hydrogens is 414 g/mol. The molecule has 0 unspecified atom stereocenters. The normalized spacial score (nSPS) is 11.3. The average Bonchev–Trinajstić information content (AvgIpc) is 3.32. The number of thioether (sulfide) groups is 1. The van der Waals surface area contributed by atoms with Gasteiger partial charge in [-0.2, -0.15) is 0 Å². The van der Waals surface area contributed by atoms with Crippen molar-refractivity contribution in [3.05, 3.63) is 48.8 Å². The number of H-pyrrole nitrogens is 1. The van der Waals surface area contributed by atoms with Crippen LogP contribution in [0.1, 0.15) is 29.1 Å². The number of nitrogens with two attached hydrogens (primary N) is 1. The Hall–Kier alpha value is -2.73. The number of anilines is 1. The summed E-state index contributed by atoms with van der Waals surface area (Å²) >= 11 is 2.77. The Bertz CT molecular complexity index is 1100. The predicted octanol–water partition coefficient (Wildman–Crippen LogP) is 1.04. The summed E-state index contributed by atoms with van der Waals surface area (Å²) < 4.78 is 2.83. The molecule has 10 nitrogen and oxygen atoms in total. The molecule has 0 amide bonds. The van der Waals surface area contributed by atoms with Crippen molar-refractivity contribution < 1.29 is 4.79 Å². The lowest BCUT2D eigenvalue weighted by Crippen LogP contribution is -2.37. The summed E-state index contributed by atoms with van der Waals surface area (Å²) in [5.74, 6) is -0.562. The molecule has 3 N–H and O–H groups in total. The number of hydrogen-bond donors (Lipinski definition) is 2. The Morgan fingerprint density at radius 1 is 1.38 bits per heavy atom. The predicted molar refractivity (Wildman–Crippen MR) is 111 cm³/mol. The SMILES string of the molecule is CC(C)Cn1c(N)c(C(=O)CSc2nnnn2CCc2cccs2)c(=O)[nH]c1=O. The van der Waals surface area contributed by atoms with Gasteiger partial charge < -0.3 is 5.73 Å². The minimum atomic E-state index is -0.782. The van der Waals surface area contributed by atoms with Crippen LogP contribution < -0.4 is 17.0 Å². The number of carbonyl (C=O) groups excluding carboxylic acids is 1. The van der Waals surface area contributed by atoms with Crippen molar-refractivity contribution in [1.29, 1.82) is 0 Å². The third kappa shape index (κ3) is 5.01. The number of thiophene rings is 1. The van der Waals surface area contributed by atoms with Gasteiger partial charge in [0.1, 0.15) is 11.4 Å². The van der Waals surface area contributed by atoms with Crippen LogP contribution in [0.3, 0.4) is 0 Å². The molecule has 154 valence electrons. The van der Waals surface area contributed by atoms with Gasteiger partial charge in [0, 0.05) is 17.8 Å². The Morgan fingerprint density at radius 3 is 2.86 bits per heavy atom. The zero-order valence-electron chi connectivity index (χ0n) is 16.0. The maximum absolute atomic E-state index is 12.7. The number of Topliss-reactive ketones (excluding diaryl/α,β-unsaturated/α-hetero) is 1. The molecule has 0 aliphatic rings. The maximum Gasteiger partial charge on any atom is 0.329 e. The van der Waals surface area contributed by atoms with E-state index in [1.54, 1.807) is 16.0 Å². The second-order valence-electron chi connectivity index (χ2n) is 6.75. The van der Waals surface area contributed by atoms with Gasteiger partial charge in [-0.3, -0.25) is 19.1 Å². The van der Waals surface area contributed by atoms with E-state index in [4.69, 9.17) is 5.73 Å². The van der Waals surface area contributed by atoms with Crippen molar-refractivity contribution in [1.82, 2.24) is 29.8 Å². The number of nitrogens with one attached hydrogen (secondary N) is 1. The summed E-state index contributed by atoms with van der Waals surface area (Å²) in [5, 5.41) is 14.0. The highest BCUT2D eigenvalue weighted by atomic mass is 32.2. The zero-order chi connectivity index (χ0) is 21.0. The first-order valence-corrected chi connectivity index (χ1v) is 10.8. The largest absolute Gasteiger partial charge is 0.384 e. The monoisotopic (exact) mass is 435 g/mol. The molecule has 3 aromatic rings. The van der Waals surface area contributed by atoms with Crippen LogP contribution in [0.15, 0.2) is 32.3 Å². The summed E-state index contributed by atoms with van der Waals surface area (Å²) in [5.41, 5.74) is 4.37. The number of aromatic nitrogens is 6. The van der Waals surface area contributed by atoms with E-state index in [9.17, 15) is 14.4 Å². The third-order valence-electron chi connectivity index (χ3n) is 4.05. The number of aryl methyl sites for hydroxylation is 2. The number of hydrogen-bond acceptors (Lipinski definition) is 9. The first kappa shape index (κ1) is 21.0. The van der Waals surface area contributed by atoms with Crippen LogP contribution in [0, 0.1) is 5.92 Å². The zero-order valence-corrected chi connectivity index (χ0v) is 17.6. The fourth-order valence-electron chi connectivity index (χ4n) is 2.72. The molecule has 3 heterocycles. The lowest BCUT2D eigenvalue weighted by molar-refractivity contribution is 0.102. The summed E-state index contributed by atoms with van der Waals surface area (Å²) in [6, 6.07) is 4.01. The molecule has 0 radical (unpaired) electrons. The van der Waals surface area contributed by atoms with Gasteiger partial charge in [-0.1, -0.05) is 31.7 Å². The molecule has 0 spiro atoms. The highest BCUT2D eigenvalue weighted by molar-refractivity contribution is 7.99. The van der Waals surface area contributed by atoms with Crippen LogP contribution in [0.2, 0.25) is 0 Å². The number of rotatable bonds is 9. The standard InChI is InChI=1S/C17H21N7O3S2/c1-10(2)8-23-14(18)13(15(26)19-16(23)27)12(25)9-29-17-20-21-22-24(17)6-5-11-4-3-7-28-11/h3-4,7,10H,5-6,8-9,18H2,1-2H3,(H,19,26,27). The van der Waals surface area contributed by atoms with Gasteiger partial charge in [-0.25, -0.2) is 9.48 Å². The van der Waals surface area contributed by atoms with Crippen LogP contribution in [0.25, 0.3) is 0 Å². The van der Waals surface area contributed by atoms with E-state index in [1.165, 1.54) is 9.44 Å². The smallest absolute Gasteiger partial charge is 0.329 e. The summed E-state index contributed by atoms with van der Waals surface area (Å²) in [7, 11) is 0. The van der Waals surface area contributed by atoms with E-state index < -0.39 is 17.0 Å².